The molecular formula is C32H50N8O12S. The largest absolute Gasteiger partial charge is 0.508 e. The Morgan fingerprint density at radius 2 is 0.887 bits per heavy atom. The third kappa shape index (κ3) is 25.3. The molecule has 2 rings (SSSR count). The van der Waals surface area contributed by atoms with Gasteiger partial charge in [-0.1, -0.05) is 24.3 Å². The number of carbonyl (C=O) groups excluding carboxylic acids is 2. The summed E-state index contributed by atoms with van der Waals surface area (Å²) < 4.78 is 31.6. The minimum absolute atomic E-state index is 0.0188. The van der Waals surface area contributed by atoms with Gasteiger partial charge in [-0.05, 0) is 73.9 Å². The van der Waals surface area contributed by atoms with Gasteiger partial charge in [0.15, 0.2) is 11.9 Å². The van der Waals surface area contributed by atoms with E-state index >= 15 is 0 Å². The van der Waals surface area contributed by atoms with Gasteiger partial charge in [-0.3, -0.25) is 38.3 Å². The number of phenolic OH excluding ortho intramolecular Hbond substituents is 2. The molecule has 2 aromatic carbocycles. The van der Waals surface area contributed by atoms with Crippen molar-refractivity contribution in [1.29, 1.82) is 0 Å². The lowest BCUT2D eigenvalue weighted by Gasteiger charge is -2.15. The summed E-state index contributed by atoms with van der Waals surface area (Å²) in [5.74, 6) is -4.25. The van der Waals surface area contributed by atoms with Crippen LogP contribution in [0, 0.1) is 11.8 Å². The first-order chi connectivity index (χ1) is 24.6. The molecule has 0 radical (unpaired) electrons. The molecule has 0 aliphatic carbocycles. The van der Waals surface area contributed by atoms with E-state index in [1.165, 1.54) is 24.3 Å². The van der Waals surface area contributed by atoms with Gasteiger partial charge in [0, 0.05) is 25.9 Å². The molecule has 53 heavy (non-hydrogen) atoms. The summed E-state index contributed by atoms with van der Waals surface area (Å²) in [6.45, 7) is 0.748. The van der Waals surface area contributed by atoms with Gasteiger partial charge in [0.25, 0.3) is 0 Å². The van der Waals surface area contributed by atoms with E-state index in [4.69, 9.17) is 51.9 Å². The first-order valence-electron chi connectivity index (χ1n) is 16.0. The van der Waals surface area contributed by atoms with Crippen LogP contribution in [0.25, 0.3) is 0 Å². The Morgan fingerprint density at radius 3 is 1.13 bits per heavy atom. The predicted molar refractivity (Wildman–Crippen MR) is 195 cm³/mol. The molecule has 296 valence electrons. The first kappa shape index (κ1) is 47.7. The minimum Gasteiger partial charge on any atom is -0.508 e. The molecule has 18 N–H and O–H groups in total. The molecule has 4 unspecified atom stereocenters. The maximum absolute atomic E-state index is 12.1. The molecule has 0 saturated heterocycles. The standard InChI is InChI=1S/2C16H24N4O4.H2O4S/c2*17-13(2-1-7-20-16(18)19)14(22)9-11(15(23)24)8-10-3-5-12(21)6-4-10;1-5(2,3)4/h2*3-6,11,13,21H,1-2,7-9,17H2,(H,23,24)(H4,18,19,20);(H2,1,2,3,4). The second-order valence-electron chi connectivity index (χ2n) is 11.7. The molecule has 0 aliphatic heterocycles. The molecule has 0 spiro atoms. The summed E-state index contributed by atoms with van der Waals surface area (Å²) in [7, 11) is -4.67. The van der Waals surface area contributed by atoms with Crippen LogP contribution in [0.3, 0.4) is 0 Å². The number of benzene rings is 2. The minimum atomic E-state index is -4.67. The van der Waals surface area contributed by atoms with E-state index in [1.54, 1.807) is 24.3 Å². The number of aromatic hydroxyl groups is 2. The number of nitrogens with two attached hydrogens (primary N) is 6. The van der Waals surface area contributed by atoms with Crippen LogP contribution < -0.4 is 34.4 Å². The fourth-order valence-corrected chi connectivity index (χ4v) is 4.48. The maximum Gasteiger partial charge on any atom is 0.394 e. The Kier molecular flexibility index (Phi) is 22.3. The van der Waals surface area contributed by atoms with Crippen molar-refractivity contribution in [2.24, 2.45) is 56.2 Å². The quantitative estimate of drug-likeness (QED) is 0.0342. The van der Waals surface area contributed by atoms with Gasteiger partial charge in [-0.25, -0.2) is 0 Å². The molecule has 0 saturated carbocycles. The van der Waals surface area contributed by atoms with Crippen molar-refractivity contribution in [1.82, 2.24) is 0 Å². The van der Waals surface area contributed by atoms with Crippen molar-refractivity contribution in [2.45, 2.75) is 63.5 Å². The number of aliphatic imine (C=N–C) groups is 2. The second kappa shape index (κ2) is 24.8. The fraction of sp³-hybridized carbons (Fsp3) is 0.438. The average Bonchev–Trinajstić information content (AvgIpc) is 3.05. The summed E-state index contributed by atoms with van der Waals surface area (Å²) in [6.07, 6.45) is 1.98. The smallest absolute Gasteiger partial charge is 0.394 e. The van der Waals surface area contributed by atoms with Crippen molar-refractivity contribution < 1.29 is 57.1 Å². The van der Waals surface area contributed by atoms with E-state index in [0.29, 0.717) is 38.8 Å². The summed E-state index contributed by atoms with van der Waals surface area (Å²) in [5, 5.41) is 37.1. The summed E-state index contributed by atoms with van der Waals surface area (Å²) in [5.41, 5.74) is 33.9. The Balaban J connectivity index is 0.000000904. The van der Waals surface area contributed by atoms with Gasteiger partial charge in [0.05, 0.1) is 23.9 Å². The van der Waals surface area contributed by atoms with Crippen molar-refractivity contribution in [3.05, 3.63) is 59.7 Å². The van der Waals surface area contributed by atoms with E-state index in [-0.39, 0.29) is 60.7 Å². The molecule has 0 heterocycles. The number of hydrogen-bond acceptors (Lipinski definition) is 12. The molecule has 0 fully saturated rings. The van der Waals surface area contributed by atoms with Crippen molar-refractivity contribution in [3.63, 3.8) is 0 Å². The number of carboxylic acid groups (broad SMARTS) is 2. The van der Waals surface area contributed by atoms with Crippen LogP contribution in [0.15, 0.2) is 58.5 Å². The van der Waals surface area contributed by atoms with Gasteiger partial charge >= 0.3 is 22.3 Å². The Morgan fingerprint density at radius 1 is 0.604 bits per heavy atom. The number of Topliss-reactive ketones (excluding diaryl/α,β-unsaturated/α-hetero) is 2. The van der Waals surface area contributed by atoms with Gasteiger partial charge in [0.1, 0.15) is 23.1 Å². The fourth-order valence-electron chi connectivity index (χ4n) is 4.48. The Bertz CT molecular complexity index is 1500. The van der Waals surface area contributed by atoms with Crippen molar-refractivity contribution in [2.75, 3.05) is 13.1 Å². The van der Waals surface area contributed by atoms with Gasteiger partial charge in [-0.2, -0.15) is 8.42 Å². The molecule has 0 bridgehead atoms. The van der Waals surface area contributed by atoms with Crippen LogP contribution in [-0.2, 0) is 42.4 Å². The number of ketones is 2. The number of carbonyl (C=O) groups is 4. The molecule has 21 heteroatoms. The van der Waals surface area contributed by atoms with Crippen molar-refractivity contribution in [3.8, 4) is 11.5 Å². The third-order valence-electron chi connectivity index (χ3n) is 7.19. The lowest BCUT2D eigenvalue weighted by Crippen LogP contribution is -2.34. The SMILES string of the molecule is NC(N)=NCCCC(N)C(=O)CC(Cc1ccc(O)cc1)C(=O)O.NC(N)=NCCCC(N)C(=O)CC(Cc1ccc(O)cc1)C(=O)O.O=S(=O)(O)O. The zero-order valence-corrected chi connectivity index (χ0v) is 29.7. The molecule has 2 aromatic rings. The Labute approximate surface area is 306 Å². The number of carboxylic acids is 2. The number of aliphatic carboxylic acids is 2. The number of nitrogens with zero attached hydrogens (tertiary/aromatic N) is 2. The summed E-state index contributed by atoms with van der Waals surface area (Å²) in [6, 6.07) is 11.0. The van der Waals surface area contributed by atoms with E-state index in [2.05, 4.69) is 9.98 Å². The highest BCUT2D eigenvalue weighted by Crippen LogP contribution is 2.19. The third-order valence-corrected chi connectivity index (χ3v) is 7.19. The highest BCUT2D eigenvalue weighted by Gasteiger charge is 2.26. The van der Waals surface area contributed by atoms with Crippen LogP contribution in [0.5, 0.6) is 11.5 Å². The van der Waals surface area contributed by atoms with Crippen molar-refractivity contribution >= 4 is 45.8 Å². The van der Waals surface area contributed by atoms with E-state index in [0.717, 1.165) is 11.1 Å². The Hall–Kier alpha value is -5.35. The van der Waals surface area contributed by atoms with E-state index in [1.807, 2.05) is 0 Å². The summed E-state index contributed by atoms with van der Waals surface area (Å²) >= 11 is 0. The zero-order valence-electron chi connectivity index (χ0n) is 28.9. The highest BCUT2D eigenvalue weighted by molar-refractivity contribution is 7.79. The van der Waals surface area contributed by atoms with Crippen LogP contribution in [0.2, 0.25) is 0 Å². The molecule has 4 atom stereocenters. The highest BCUT2D eigenvalue weighted by atomic mass is 32.3. The number of guanidine groups is 2. The van der Waals surface area contributed by atoms with Gasteiger partial charge < -0.3 is 54.8 Å². The van der Waals surface area contributed by atoms with E-state index in [9.17, 15) is 39.6 Å². The van der Waals surface area contributed by atoms with E-state index < -0.39 is 46.3 Å². The second-order valence-corrected chi connectivity index (χ2v) is 12.6. The maximum atomic E-state index is 12.1. The van der Waals surface area contributed by atoms with Crippen LogP contribution in [-0.4, -0.2) is 98.5 Å². The topological polar surface area (TPSA) is 405 Å². The number of phenols is 2. The van der Waals surface area contributed by atoms with Crippen LogP contribution in [0.1, 0.15) is 49.7 Å². The first-order valence-corrected chi connectivity index (χ1v) is 17.4. The number of rotatable bonds is 20. The zero-order chi connectivity index (χ0) is 40.7. The van der Waals surface area contributed by atoms with Crippen LogP contribution in [0.4, 0.5) is 0 Å². The van der Waals surface area contributed by atoms with Gasteiger partial charge in [0.2, 0.25) is 0 Å². The van der Waals surface area contributed by atoms with Gasteiger partial charge in [-0.15, -0.1) is 0 Å². The molecular weight excluding hydrogens is 720 g/mol. The molecule has 20 nitrogen and oxygen atoms in total. The predicted octanol–water partition coefficient (Wildman–Crippen LogP) is -0.702. The lowest BCUT2D eigenvalue weighted by molar-refractivity contribution is -0.144. The lowest BCUT2D eigenvalue weighted by atomic mass is 9.91. The normalized spacial score (nSPS) is 12.9. The molecule has 0 aromatic heterocycles. The molecule has 0 aliphatic rings. The number of hydrogen-bond donors (Lipinski definition) is 12. The monoisotopic (exact) mass is 770 g/mol. The molecule has 0 amide bonds. The average molecular weight is 771 g/mol. The van der Waals surface area contributed by atoms with Crippen LogP contribution >= 0.6 is 0 Å². The summed E-state index contributed by atoms with van der Waals surface area (Å²) in [4.78, 5) is 54.6.